The molecule has 0 aromatic heterocycles. The van der Waals surface area contributed by atoms with Gasteiger partial charge in [-0.3, -0.25) is 4.79 Å². The Kier molecular flexibility index (Phi) is 43.2. The average Bonchev–Trinajstić information content (AvgIpc) is 3.12. The zero-order chi connectivity index (χ0) is 36.3. The van der Waals surface area contributed by atoms with Gasteiger partial charge in [0, 0.05) is 6.42 Å². The number of ether oxygens (including phenoxy) is 1. The van der Waals surface area contributed by atoms with E-state index in [0.717, 1.165) is 25.7 Å². The van der Waals surface area contributed by atoms with Crippen LogP contribution in [0.1, 0.15) is 271 Å². The molecule has 0 amide bonds. The first-order valence-electron chi connectivity index (χ1n) is 23.2. The SMILES string of the molecule is CCCCCCCC/C=C\CCCCCCCCC(CCCCCCCCCCC)OC(=O)CCCCCCC/C=C\CCCCCCCC. The van der Waals surface area contributed by atoms with Gasteiger partial charge >= 0.3 is 5.97 Å². The zero-order valence-electron chi connectivity index (χ0n) is 34.8. The lowest BCUT2D eigenvalue weighted by molar-refractivity contribution is -0.150. The zero-order valence-corrected chi connectivity index (χ0v) is 34.8. The van der Waals surface area contributed by atoms with Crippen molar-refractivity contribution < 1.29 is 9.53 Å². The van der Waals surface area contributed by atoms with Crippen LogP contribution in [-0.4, -0.2) is 12.1 Å². The van der Waals surface area contributed by atoms with Gasteiger partial charge in [-0.05, 0) is 83.5 Å². The first-order valence-corrected chi connectivity index (χ1v) is 23.2. The Morgan fingerprint density at radius 1 is 0.360 bits per heavy atom. The molecule has 0 aliphatic rings. The summed E-state index contributed by atoms with van der Waals surface area (Å²) in [5, 5.41) is 0. The highest BCUT2D eigenvalue weighted by Crippen LogP contribution is 2.19. The van der Waals surface area contributed by atoms with Gasteiger partial charge in [-0.25, -0.2) is 0 Å². The first kappa shape index (κ1) is 49.0. The summed E-state index contributed by atoms with van der Waals surface area (Å²) in [7, 11) is 0. The smallest absolute Gasteiger partial charge is 0.306 e. The molecule has 0 spiro atoms. The molecular formula is C48H92O2. The van der Waals surface area contributed by atoms with Crippen molar-refractivity contribution >= 4 is 5.97 Å². The normalized spacial score (nSPS) is 12.5. The quantitative estimate of drug-likeness (QED) is 0.0360. The number of rotatable bonds is 42. The predicted molar refractivity (Wildman–Crippen MR) is 225 cm³/mol. The van der Waals surface area contributed by atoms with E-state index in [1.54, 1.807) is 0 Å². The van der Waals surface area contributed by atoms with Crippen molar-refractivity contribution in [1.29, 1.82) is 0 Å². The van der Waals surface area contributed by atoms with Gasteiger partial charge in [-0.1, -0.05) is 206 Å². The van der Waals surface area contributed by atoms with Gasteiger partial charge in [-0.2, -0.15) is 0 Å². The number of allylic oxidation sites excluding steroid dienone is 4. The van der Waals surface area contributed by atoms with Crippen LogP contribution in [0, 0.1) is 0 Å². The monoisotopic (exact) mass is 701 g/mol. The number of carbonyl (C=O) groups is 1. The Balaban J connectivity index is 4.05. The average molecular weight is 701 g/mol. The van der Waals surface area contributed by atoms with Crippen LogP contribution in [-0.2, 0) is 9.53 Å². The Labute approximate surface area is 316 Å². The third-order valence-corrected chi connectivity index (χ3v) is 10.6. The minimum absolute atomic E-state index is 0.0631. The largest absolute Gasteiger partial charge is 0.462 e. The van der Waals surface area contributed by atoms with Crippen LogP contribution in [0.3, 0.4) is 0 Å². The number of unbranched alkanes of at least 4 members (excludes halogenated alkanes) is 31. The van der Waals surface area contributed by atoms with E-state index in [-0.39, 0.29) is 12.1 Å². The van der Waals surface area contributed by atoms with E-state index in [1.165, 1.54) is 218 Å². The van der Waals surface area contributed by atoms with Crippen molar-refractivity contribution in [3.05, 3.63) is 24.3 Å². The summed E-state index contributed by atoms with van der Waals surface area (Å²) in [6, 6.07) is 0. The lowest BCUT2D eigenvalue weighted by Gasteiger charge is -2.18. The van der Waals surface area contributed by atoms with E-state index in [4.69, 9.17) is 4.74 Å². The fourth-order valence-corrected chi connectivity index (χ4v) is 7.15. The van der Waals surface area contributed by atoms with Crippen LogP contribution in [0.2, 0.25) is 0 Å². The molecule has 0 fully saturated rings. The van der Waals surface area contributed by atoms with E-state index < -0.39 is 0 Å². The van der Waals surface area contributed by atoms with Crippen LogP contribution >= 0.6 is 0 Å². The fraction of sp³-hybridized carbons (Fsp3) is 0.896. The topological polar surface area (TPSA) is 26.3 Å². The molecule has 1 atom stereocenters. The van der Waals surface area contributed by atoms with Crippen LogP contribution in [0.4, 0.5) is 0 Å². The van der Waals surface area contributed by atoms with E-state index in [2.05, 4.69) is 45.1 Å². The molecule has 0 aliphatic heterocycles. The third-order valence-electron chi connectivity index (χ3n) is 10.6. The molecule has 0 aromatic carbocycles. The standard InChI is InChI=1S/C48H92O2/c1-4-7-10-13-16-19-21-23-25-27-28-30-33-36-39-42-45-47(44-41-38-35-32-18-15-12-9-6-3)50-48(49)46-43-40-37-34-31-29-26-24-22-20-17-14-11-8-5-2/h23-26,47H,4-22,27-46H2,1-3H3/b25-23-,26-24-. The number of hydrogen-bond donors (Lipinski definition) is 0. The summed E-state index contributed by atoms with van der Waals surface area (Å²) < 4.78 is 6.11. The second-order valence-corrected chi connectivity index (χ2v) is 15.8. The Bertz CT molecular complexity index is 694. The second kappa shape index (κ2) is 44.1. The molecule has 50 heavy (non-hydrogen) atoms. The van der Waals surface area contributed by atoms with E-state index in [0.29, 0.717) is 6.42 Å². The second-order valence-electron chi connectivity index (χ2n) is 15.8. The molecular weight excluding hydrogens is 609 g/mol. The van der Waals surface area contributed by atoms with Crippen molar-refractivity contribution in [3.8, 4) is 0 Å². The molecule has 0 saturated heterocycles. The lowest BCUT2D eigenvalue weighted by Crippen LogP contribution is -2.18. The number of esters is 1. The highest BCUT2D eigenvalue weighted by molar-refractivity contribution is 5.69. The molecule has 1 unspecified atom stereocenters. The lowest BCUT2D eigenvalue weighted by atomic mass is 10.0. The van der Waals surface area contributed by atoms with Crippen molar-refractivity contribution in [2.24, 2.45) is 0 Å². The summed E-state index contributed by atoms with van der Waals surface area (Å²) >= 11 is 0. The summed E-state index contributed by atoms with van der Waals surface area (Å²) in [6.07, 6.45) is 60.2. The minimum Gasteiger partial charge on any atom is -0.462 e. The predicted octanol–water partition coefficient (Wildman–Crippen LogP) is 17.3. The molecule has 0 heterocycles. The van der Waals surface area contributed by atoms with Crippen LogP contribution in [0.25, 0.3) is 0 Å². The van der Waals surface area contributed by atoms with Crippen LogP contribution in [0.15, 0.2) is 24.3 Å². The molecule has 0 aliphatic carbocycles. The molecule has 0 rings (SSSR count). The van der Waals surface area contributed by atoms with Gasteiger partial charge in [0.05, 0.1) is 0 Å². The van der Waals surface area contributed by atoms with Gasteiger partial charge in [0.1, 0.15) is 6.10 Å². The molecule has 0 radical (unpaired) electrons. The van der Waals surface area contributed by atoms with Crippen LogP contribution in [0.5, 0.6) is 0 Å². The molecule has 0 aromatic rings. The van der Waals surface area contributed by atoms with E-state index in [1.807, 2.05) is 0 Å². The molecule has 2 nitrogen and oxygen atoms in total. The Morgan fingerprint density at radius 2 is 0.620 bits per heavy atom. The summed E-state index contributed by atoms with van der Waals surface area (Å²) in [5.74, 6) is 0.0631. The summed E-state index contributed by atoms with van der Waals surface area (Å²) in [6.45, 7) is 6.87. The third kappa shape index (κ3) is 41.4. The fourth-order valence-electron chi connectivity index (χ4n) is 7.15. The van der Waals surface area contributed by atoms with Gasteiger partial charge in [0.2, 0.25) is 0 Å². The highest BCUT2D eigenvalue weighted by Gasteiger charge is 2.14. The van der Waals surface area contributed by atoms with Crippen molar-refractivity contribution in [2.45, 2.75) is 277 Å². The van der Waals surface area contributed by atoms with E-state index in [9.17, 15) is 4.79 Å². The van der Waals surface area contributed by atoms with Gasteiger partial charge in [-0.15, -0.1) is 0 Å². The maximum Gasteiger partial charge on any atom is 0.306 e. The van der Waals surface area contributed by atoms with Crippen molar-refractivity contribution in [3.63, 3.8) is 0 Å². The Hall–Kier alpha value is -1.05. The molecule has 296 valence electrons. The number of hydrogen-bond acceptors (Lipinski definition) is 2. The first-order chi connectivity index (χ1) is 24.7. The Morgan fingerprint density at radius 3 is 0.940 bits per heavy atom. The van der Waals surface area contributed by atoms with E-state index >= 15 is 0 Å². The highest BCUT2D eigenvalue weighted by atomic mass is 16.5. The van der Waals surface area contributed by atoms with Gasteiger partial charge < -0.3 is 4.74 Å². The summed E-state index contributed by atoms with van der Waals surface area (Å²) in [5.41, 5.74) is 0. The molecule has 0 N–H and O–H groups in total. The minimum atomic E-state index is 0.0631. The van der Waals surface area contributed by atoms with Crippen molar-refractivity contribution in [2.75, 3.05) is 0 Å². The van der Waals surface area contributed by atoms with Gasteiger partial charge in [0.25, 0.3) is 0 Å². The van der Waals surface area contributed by atoms with Gasteiger partial charge in [0.15, 0.2) is 0 Å². The van der Waals surface area contributed by atoms with Crippen molar-refractivity contribution in [1.82, 2.24) is 0 Å². The molecule has 2 heteroatoms. The maximum atomic E-state index is 12.8. The molecule has 0 bridgehead atoms. The summed E-state index contributed by atoms with van der Waals surface area (Å²) in [4.78, 5) is 12.8. The molecule has 0 saturated carbocycles. The number of carbonyl (C=O) groups excluding carboxylic acids is 1. The van der Waals surface area contributed by atoms with Crippen LogP contribution < -0.4 is 0 Å². The maximum absolute atomic E-state index is 12.8.